The van der Waals surface area contributed by atoms with Crippen molar-refractivity contribution in [2.24, 2.45) is 0 Å². The second-order valence-corrected chi connectivity index (χ2v) is 8.41. The highest BCUT2D eigenvalue weighted by Crippen LogP contribution is 2.29. The number of benzene rings is 2. The van der Waals surface area contributed by atoms with Gasteiger partial charge in [0.15, 0.2) is 0 Å². The summed E-state index contributed by atoms with van der Waals surface area (Å²) in [5.41, 5.74) is 1.71. The summed E-state index contributed by atoms with van der Waals surface area (Å²) in [7, 11) is 0. The van der Waals surface area contributed by atoms with Gasteiger partial charge in [-0.15, -0.1) is 0 Å². The van der Waals surface area contributed by atoms with E-state index in [9.17, 15) is 19.2 Å². The zero-order chi connectivity index (χ0) is 24.9. The number of carbonyl (C=O) groups excluding carboxylic acids is 4. The lowest BCUT2D eigenvalue weighted by Gasteiger charge is -2.29. The Morgan fingerprint density at radius 3 is 2.54 bits per heavy atom. The summed E-state index contributed by atoms with van der Waals surface area (Å²) >= 11 is 5.98. The molecule has 1 unspecified atom stereocenters. The van der Waals surface area contributed by atoms with E-state index in [1.165, 1.54) is 0 Å². The Labute approximate surface area is 207 Å². The van der Waals surface area contributed by atoms with Gasteiger partial charge in [-0.25, -0.2) is 14.4 Å². The van der Waals surface area contributed by atoms with Gasteiger partial charge >= 0.3 is 18.0 Å². The lowest BCUT2D eigenvalue weighted by atomic mass is 9.95. The van der Waals surface area contributed by atoms with Crippen LogP contribution in [0.15, 0.2) is 59.8 Å². The number of anilines is 1. The average molecular weight is 498 g/mol. The number of urea groups is 1. The molecule has 1 atom stereocenters. The monoisotopic (exact) mass is 497 g/mol. The van der Waals surface area contributed by atoms with Crippen molar-refractivity contribution in [3.05, 3.63) is 76.0 Å². The third-order valence-electron chi connectivity index (χ3n) is 5.67. The lowest BCUT2D eigenvalue weighted by Crippen LogP contribution is -2.47. The number of rotatable bonds is 7. The van der Waals surface area contributed by atoms with Crippen LogP contribution in [0.3, 0.4) is 0 Å². The zero-order valence-corrected chi connectivity index (χ0v) is 19.8. The summed E-state index contributed by atoms with van der Waals surface area (Å²) in [6.45, 7) is 2.02. The summed E-state index contributed by atoms with van der Waals surface area (Å²) in [6.07, 6.45) is 1.24. The SMILES string of the molecule is CCOC(=O)C1=C(COC(=O)c2cccc(N3CCCC3=O)c2)NC(=O)NC1c1ccc(Cl)cc1. The number of nitrogens with zero attached hydrogens (tertiary/aromatic N) is 1. The van der Waals surface area contributed by atoms with Crippen LogP contribution in [0.5, 0.6) is 0 Å². The van der Waals surface area contributed by atoms with Crippen molar-refractivity contribution in [1.29, 1.82) is 0 Å². The molecule has 2 heterocycles. The lowest BCUT2D eigenvalue weighted by molar-refractivity contribution is -0.139. The van der Waals surface area contributed by atoms with E-state index in [-0.39, 0.29) is 36.0 Å². The molecule has 9 nitrogen and oxygen atoms in total. The third-order valence-corrected chi connectivity index (χ3v) is 5.92. The molecule has 2 aliphatic rings. The van der Waals surface area contributed by atoms with Crippen LogP contribution in [0, 0.1) is 0 Å². The van der Waals surface area contributed by atoms with Gasteiger partial charge in [-0.3, -0.25) is 4.79 Å². The van der Waals surface area contributed by atoms with Crippen molar-refractivity contribution in [3.63, 3.8) is 0 Å². The first kappa shape index (κ1) is 24.3. The summed E-state index contributed by atoms with van der Waals surface area (Å²) < 4.78 is 10.7. The van der Waals surface area contributed by atoms with E-state index in [1.807, 2.05) is 0 Å². The molecule has 2 aromatic rings. The van der Waals surface area contributed by atoms with Crippen LogP contribution in [-0.4, -0.2) is 43.6 Å². The van der Waals surface area contributed by atoms with Gasteiger partial charge in [0, 0.05) is 23.7 Å². The Kier molecular flexibility index (Phi) is 7.36. The first-order valence-electron chi connectivity index (χ1n) is 11.2. The molecule has 10 heteroatoms. The minimum atomic E-state index is -0.821. The first-order valence-corrected chi connectivity index (χ1v) is 11.6. The minimum absolute atomic E-state index is 0.00501. The summed E-state index contributed by atoms with van der Waals surface area (Å²) in [5.74, 6) is -1.31. The van der Waals surface area contributed by atoms with Crippen LogP contribution < -0.4 is 15.5 Å². The Morgan fingerprint density at radius 1 is 1.09 bits per heavy atom. The van der Waals surface area contributed by atoms with Crippen LogP contribution in [0.4, 0.5) is 10.5 Å². The standard InChI is InChI=1S/C25H24ClN3O6/c1-2-34-24(32)21-19(27-25(33)28-22(21)15-8-10-17(26)11-9-15)14-35-23(31)16-5-3-6-18(13-16)29-12-4-7-20(29)30/h3,5-6,8-11,13,22H,2,4,7,12,14H2,1H3,(H2,27,28,33). The Balaban J connectivity index is 1.58. The molecule has 35 heavy (non-hydrogen) atoms. The van der Waals surface area contributed by atoms with Crippen LogP contribution in [0.25, 0.3) is 0 Å². The van der Waals surface area contributed by atoms with E-state index in [0.717, 1.165) is 6.42 Å². The zero-order valence-electron chi connectivity index (χ0n) is 19.0. The Hall–Kier alpha value is -3.85. The molecule has 0 aliphatic carbocycles. The predicted octanol–water partition coefficient (Wildman–Crippen LogP) is 3.49. The van der Waals surface area contributed by atoms with Gasteiger partial charge in [0.1, 0.15) is 6.61 Å². The van der Waals surface area contributed by atoms with E-state index in [0.29, 0.717) is 29.2 Å². The molecule has 0 spiro atoms. The molecule has 0 aromatic heterocycles. The number of halogens is 1. The molecular formula is C25H24ClN3O6. The Bertz CT molecular complexity index is 1190. The molecule has 182 valence electrons. The molecule has 0 bridgehead atoms. The van der Waals surface area contributed by atoms with Crippen LogP contribution in [-0.2, 0) is 19.1 Å². The molecule has 0 radical (unpaired) electrons. The molecule has 1 saturated heterocycles. The Morgan fingerprint density at radius 2 is 1.86 bits per heavy atom. The summed E-state index contributed by atoms with van der Waals surface area (Å²) in [4.78, 5) is 51.7. The highest BCUT2D eigenvalue weighted by Gasteiger charge is 2.34. The fourth-order valence-corrected chi connectivity index (χ4v) is 4.16. The molecule has 3 amide bonds. The van der Waals surface area contributed by atoms with E-state index in [4.69, 9.17) is 21.1 Å². The smallest absolute Gasteiger partial charge is 0.338 e. The van der Waals surface area contributed by atoms with Gasteiger partial charge in [-0.05, 0) is 49.2 Å². The second-order valence-electron chi connectivity index (χ2n) is 7.97. The quantitative estimate of drug-likeness (QED) is 0.566. The maximum absolute atomic E-state index is 12.8. The van der Waals surface area contributed by atoms with Crippen molar-refractivity contribution in [3.8, 4) is 0 Å². The molecule has 1 fully saturated rings. The molecule has 4 rings (SSSR count). The van der Waals surface area contributed by atoms with Gasteiger partial charge < -0.3 is 25.0 Å². The third kappa shape index (κ3) is 5.46. The van der Waals surface area contributed by atoms with Gasteiger partial charge in [-0.1, -0.05) is 29.8 Å². The maximum atomic E-state index is 12.8. The maximum Gasteiger partial charge on any atom is 0.338 e. The second kappa shape index (κ2) is 10.6. The number of hydrogen-bond acceptors (Lipinski definition) is 6. The predicted molar refractivity (Wildman–Crippen MR) is 128 cm³/mol. The largest absolute Gasteiger partial charge is 0.463 e. The van der Waals surface area contributed by atoms with Gasteiger partial charge in [-0.2, -0.15) is 0 Å². The number of nitrogens with one attached hydrogen (secondary N) is 2. The average Bonchev–Trinajstić information content (AvgIpc) is 3.28. The van der Waals surface area contributed by atoms with Crippen molar-refractivity contribution >= 4 is 41.2 Å². The fourth-order valence-electron chi connectivity index (χ4n) is 4.03. The van der Waals surface area contributed by atoms with Crippen molar-refractivity contribution < 1.29 is 28.7 Å². The van der Waals surface area contributed by atoms with E-state index in [2.05, 4.69) is 10.6 Å². The van der Waals surface area contributed by atoms with Crippen LogP contribution in [0.2, 0.25) is 5.02 Å². The molecular weight excluding hydrogens is 474 g/mol. The summed E-state index contributed by atoms with van der Waals surface area (Å²) in [5, 5.41) is 5.76. The van der Waals surface area contributed by atoms with Crippen LogP contribution >= 0.6 is 11.6 Å². The molecule has 0 saturated carbocycles. The van der Waals surface area contributed by atoms with E-state index < -0.39 is 24.0 Å². The van der Waals surface area contributed by atoms with Crippen molar-refractivity contribution in [2.45, 2.75) is 25.8 Å². The van der Waals surface area contributed by atoms with Crippen molar-refractivity contribution in [2.75, 3.05) is 24.7 Å². The number of carbonyl (C=O) groups is 4. The van der Waals surface area contributed by atoms with Crippen molar-refractivity contribution in [1.82, 2.24) is 10.6 Å². The van der Waals surface area contributed by atoms with Gasteiger partial charge in [0.25, 0.3) is 0 Å². The number of hydrogen-bond donors (Lipinski definition) is 2. The normalized spacial score (nSPS) is 17.7. The topological polar surface area (TPSA) is 114 Å². The van der Waals surface area contributed by atoms with Gasteiger partial charge in [0.05, 0.1) is 29.5 Å². The number of amides is 3. The summed E-state index contributed by atoms with van der Waals surface area (Å²) in [6, 6.07) is 11.9. The van der Waals surface area contributed by atoms with Gasteiger partial charge in [0.2, 0.25) is 5.91 Å². The number of esters is 2. The first-order chi connectivity index (χ1) is 16.9. The fraction of sp³-hybridized carbons (Fsp3) is 0.280. The number of ether oxygens (including phenoxy) is 2. The highest BCUT2D eigenvalue weighted by atomic mass is 35.5. The molecule has 2 N–H and O–H groups in total. The minimum Gasteiger partial charge on any atom is -0.463 e. The molecule has 2 aliphatic heterocycles. The van der Waals surface area contributed by atoms with E-state index in [1.54, 1.807) is 60.4 Å². The van der Waals surface area contributed by atoms with Crippen LogP contribution in [0.1, 0.15) is 41.7 Å². The van der Waals surface area contributed by atoms with E-state index >= 15 is 0 Å². The molecule has 2 aromatic carbocycles. The highest BCUT2D eigenvalue weighted by molar-refractivity contribution is 6.30.